The maximum absolute atomic E-state index is 13.5. The molecule has 3 aromatic rings. The molecule has 0 N–H and O–H groups in total. The van der Waals surface area contributed by atoms with Crippen molar-refractivity contribution in [2.45, 2.75) is 61.4 Å². The van der Waals surface area contributed by atoms with Crippen molar-refractivity contribution in [2.24, 2.45) is 0 Å². The molecule has 0 radical (unpaired) electrons. The summed E-state index contributed by atoms with van der Waals surface area (Å²) in [6, 6.07) is 22.5. The summed E-state index contributed by atoms with van der Waals surface area (Å²) in [7, 11) is 1.38. The predicted molar refractivity (Wildman–Crippen MR) is 153 cm³/mol. The minimum absolute atomic E-state index is 0.0299. The Morgan fingerprint density at radius 2 is 1.50 bits per heavy atom. The molecule has 0 saturated carbocycles. The van der Waals surface area contributed by atoms with Gasteiger partial charge in [-0.3, -0.25) is 4.79 Å². The number of fused-ring (bicyclic) bond motifs is 2. The molecule has 5 rings (SSSR count). The van der Waals surface area contributed by atoms with Gasteiger partial charge >= 0.3 is 11.9 Å². The smallest absolute Gasteiger partial charge is 0.338 e. The maximum atomic E-state index is 13.5. The van der Waals surface area contributed by atoms with E-state index in [2.05, 4.69) is 4.90 Å². The Hall–Kier alpha value is -3.78. The third-order valence-electron chi connectivity index (χ3n) is 7.48. The fraction of sp³-hybridized carbons (Fsp3) is 0.344. The largest absolute Gasteiger partial charge is 0.490 e. The number of nitrogens with zero attached hydrogens (tertiary/aromatic N) is 1. The molecule has 3 aromatic carbocycles. The van der Waals surface area contributed by atoms with Crippen LogP contribution in [0.1, 0.15) is 69.2 Å². The third-order valence-corrected chi connectivity index (χ3v) is 8.62. The number of esters is 2. The summed E-state index contributed by atoms with van der Waals surface area (Å²) < 4.78 is 16.2. The maximum Gasteiger partial charge on any atom is 0.338 e. The lowest BCUT2D eigenvalue weighted by Crippen LogP contribution is -2.49. The van der Waals surface area contributed by atoms with Crippen LogP contribution in [0.2, 0.25) is 0 Å². The van der Waals surface area contributed by atoms with Gasteiger partial charge in [0, 0.05) is 41.1 Å². The van der Waals surface area contributed by atoms with Gasteiger partial charge in [-0.2, -0.15) is 0 Å². The number of hydrogen-bond donors (Lipinski definition) is 0. The fourth-order valence-corrected chi connectivity index (χ4v) is 6.55. The number of hydrogen-bond acceptors (Lipinski definition) is 7. The summed E-state index contributed by atoms with van der Waals surface area (Å²) in [6.07, 6.45) is 3.56. The first-order valence-corrected chi connectivity index (χ1v) is 14.6. The number of piperidine rings is 1. The summed E-state index contributed by atoms with van der Waals surface area (Å²) in [5, 5.41) is 0. The van der Waals surface area contributed by atoms with E-state index in [0.29, 0.717) is 29.1 Å². The molecular formula is C32H33NO6S. The standard InChI is InChI=1S/C32H33NO6S/c1-3-38-31(35)23-12-16-26(17-13-23)39-27-18-24-14-15-25(19-27)33(24)30(34)22-10-8-21(9-11-22)20-40-29-7-5-4-6-28(29)32(36)37-2/h4-13,16-17,24-25,27H,3,14-15,18-20H2,1-2H3. The van der Waals surface area contributed by atoms with E-state index in [1.54, 1.807) is 49.0 Å². The zero-order chi connectivity index (χ0) is 28.1. The Morgan fingerprint density at radius 3 is 2.15 bits per heavy atom. The number of carbonyl (C=O) groups excluding carboxylic acids is 3. The van der Waals surface area contributed by atoms with Crippen LogP contribution in [-0.2, 0) is 15.2 Å². The highest BCUT2D eigenvalue weighted by Crippen LogP contribution is 2.38. The Morgan fingerprint density at radius 1 is 0.850 bits per heavy atom. The van der Waals surface area contributed by atoms with Crippen LogP contribution < -0.4 is 4.74 Å². The van der Waals surface area contributed by atoms with Crippen LogP contribution in [0.15, 0.2) is 77.7 Å². The summed E-state index contributed by atoms with van der Waals surface area (Å²) in [6.45, 7) is 2.13. The highest BCUT2D eigenvalue weighted by atomic mass is 32.2. The normalized spacial score (nSPS) is 19.6. The van der Waals surface area contributed by atoms with E-state index >= 15 is 0 Å². The van der Waals surface area contributed by atoms with E-state index < -0.39 is 0 Å². The second-order valence-corrected chi connectivity index (χ2v) is 11.0. The minimum atomic E-state index is -0.347. The molecule has 208 valence electrons. The third kappa shape index (κ3) is 6.17. The van der Waals surface area contributed by atoms with Gasteiger partial charge in [0.05, 0.1) is 24.8 Å². The molecular weight excluding hydrogens is 526 g/mol. The van der Waals surface area contributed by atoms with E-state index in [-0.39, 0.29) is 36.0 Å². The van der Waals surface area contributed by atoms with Crippen LogP contribution in [0.5, 0.6) is 5.75 Å². The van der Waals surface area contributed by atoms with Crippen molar-refractivity contribution >= 4 is 29.6 Å². The first-order chi connectivity index (χ1) is 19.5. The Balaban J connectivity index is 1.17. The van der Waals surface area contributed by atoms with Gasteiger partial charge in [0.1, 0.15) is 11.9 Å². The summed E-state index contributed by atoms with van der Waals surface area (Å²) in [5.41, 5.74) is 2.82. The van der Waals surface area contributed by atoms with E-state index in [4.69, 9.17) is 14.2 Å². The van der Waals surface area contributed by atoms with Crippen LogP contribution >= 0.6 is 11.8 Å². The van der Waals surface area contributed by atoms with Crippen molar-refractivity contribution < 1.29 is 28.6 Å². The van der Waals surface area contributed by atoms with Gasteiger partial charge in [0.25, 0.3) is 5.91 Å². The lowest BCUT2D eigenvalue weighted by molar-refractivity contribution is 0.0358. The van der Waals surface area contributed by atoms with Crippen molar-refractivity contribution in [3.8, 4) is 5.75 Å². The van der Waals surface area contributed by atoms with Crippen LogP contribution in [-0.4, -0.2) is 54.7 Å². The summed E-state index contributed by atoms with van der Waals surface area (Å²) in [4.78, 5) is 40.4. The average molecular weight is 560 g/mol. The van der Waals surface area contributed by atoms with Crippen molar-refractivity contribution in [3.63, 3.8) is 0 Å². The lowest BCUT2D eigenvalue weighted by Gasteiger charge is -2.39. The van der Waals surface area contributed by atoms with Crippen molar-refractivity contribution in [1.82, 2.24) is 4.90 Å². The monoisotopic (exact) mass is 559 g/mol. The molecule has 2 atom stereocenters. The minimum Gasteiger partial charge on any atom is -0.490 e. The molecule has 0 aliphatic carbocycles. The average Bonchev–Trinajstić information content (AvgIpc) is 3.26. The molecule has 1 amide bonds. The molecule has 0 aromatic heterocycles. The summed E-state index contributed by atoms with van der Waals surface area (Å²) in [5.74, 6) is 0.784. The van der Waals surface area contributed by atoms with E-state index in [9.17, 15) is 14.4 Å². The molecule has 7 nitrogen and oxygen atoms in total. The fourth-order valence-electron chi connectivity index (χ4n) is 5.56. The summed E-state index contributed by atoms with van der Waals surface area (Å²) >= 11 is 1.57. The Bertz CT molecular complexity index is 1340. The van der Waals surface area contributed by atoms with Gasteiger partial charge in [-0.15, -0.1) is 11.8 Å². The molecule has 2 bridgehead atoms. The zero-order valence-corrected chi connectivity index (χ0v) is 23.5. The van der Waals surface area contributed by atoms with Crippen LogP contribution in [0.3, 0.4) is 0 Å². The molecule has 2 saturated heterocycles. The number of ether oxygens (including phenoxy) is 3. The van der Waals surface area contributed by atoms with Crippen LogP contribution in [0.4, 0.5) is 0 Å². The number of methoxy groups -OCH3 is 1. The highest BCUT2D eigenvalue weighted by Gasteiger charge is 2.44. The molecule has 2 fully saturated rings. The van der Waals surface area contributed by atoms with Gasteiger partial charge in [0.2, 0.25) is 0 Å². The number of rotatable bonds is 9. The van der Waals surface area contributed by atoms with Crippen molar-refractivity contribution in [1.29, 1.82) is 0 Å². The number of carbonyl (C=O) groups is 3. The molecule has 2 heterocycles. The van der Waals surface area contributed by atoms with Gasteiger partial charge in [-0.1, -0.05) is 24.3 Å². The van der Waals surface area contributed by atoms with Gasteiger partial charge in [-0.25, -0.2) is 9.59 Å². The first-order valence-electron chi connectivity index (χ1n) is 13.6. The van der Waals surface area contributed by atoms with Crippen LogP contribution in [0.25, 0.3) is 0 Å². The quantitative estimate of drug-likeness (QED) is 0.230. The van der Waals surface area contributed by atoms with E-state index in [1.165, 1.54) is 7.11 Å². The topological polar surface area (TPSA) is 82.1 Å². The number of amides is 1. The molecule has 2 aliphatic heterocycles. The molecule has 8 heteroatoms. The zero-order valence-electron chi connectivity index (χ0n) is 22.7. The molecule has 40 heavy (non-hydrogen) atoms. The SMILES string of the molecule is CCOC(=O)c1ccc(OC2CC3CCC(C2)N3C(=O)c2ccc(CSc3ccccc3C(=O)OC)cc2)cc1. The van der Waals surface area contributed by atoms with E-state index in [1.807, 2.05) is 42.5 Å². The number of thioether (sulfide) groups is 1. The number of benzene rings is 3. The Labute approximate surface area is 238 Å². The van der Waals surface area contributed by atoms with E-state index in [0.717, 1.165) is 41.9 Å². The van der Waals surface area contributed by atoms with Crippen molar-refractivity contribution in [2.75, 3.05) is 13.7 Å². The molecule has 0 spiro atoms. The highest BCUT2D eigenvalue weighted by molar-refractivity contribution is 7.98. The molecule has 2 aliphatic rings. The van der Waals surface area contributed by atoms with Gasteiger partial charge in [0.15, 0.2) is 0 Å². The Kier molecular flexibility index (Phi) is 8.75. The van der Waals surface area contributed by atoms with Gasteiger partial charge < -0.3 is 19.1 Å². The van der Waals surface area contributed by atoms with Crippen molar-refractivity contribution in [3.05, 3.63) is 95.1 Å². The van der Waals surface area contributed by atoms with Crippen LogP contribution in [0, 0.1) is 0 Å². The molecule has 2 unspecified atom stereocenters. The second-order valence-electron chi connectivity index (χ2n) is 10.0. The predicted octanol–water partition coefficient (Wildman–Crippen LogP) is 6.16. The second kappa shape index (κ2) is 12.6. The first kappa shape index (κ1) is 27.8. The van der Waals surface area contributed by atoms with Gasteiger partial charge in [-0.05, 0) is 73.9 Å². The lowest BCUT2D eigenvalue weighted by atomic mass is 9.98.